The van der Waals surface area contributed by atoms with E-state index in [9.17, 15) is 22.8 Å². The van der Waals surface area contributed by atoms with E-state index in [-0.39, 0.29) is 12.0 Å². The van der Waals surface area contributed by atoms with Crippen molar-refractivity contribution in [1.82, 2.24) is 0 Å². The summed E-state index contributed by atoms with van der Waals surface area (Å²) in [5, 5.41) is 0. The topological polar surface area (TPSA) is 43.4 Å². The van der Waals surface area contributed by atoms with Crippen LogP contribution in [0, 0.1) is 0 Å². The van der Waals surface area contributed by atoms with Gasteiger partial charge < -0.3 is 4.74 Å². The van der Waals surface area contributed by atoms with Gasteiger partial charge in [-0.25, -0.2) is 0 Å². The molecular weight excluding hydrogens is 261 g/mol. The average molecular weight is 272 g/mol. The molecule has 0 saturated heterocycles. The number of esters is 2. The van der Waals surface area contributed by atoms with Crippen molar-refractivity contribution in [1.29, 1.82) is 0 Å². The molecule has 0 amide bonds. The normalized spacial score (nSPS) is 11.6. The van der Waals surface area contributed by atoms with Crippen molar-refractivity contribution < 1.29 is 27.5 Å². The van der Waals surface area contributed by atoms with Gasteiger partial charge >= 0.3 is 18.1 Å². The highest BCUT2D eigenvalue weighted by atomic mass is 19.4. The number of carbonyl (C=O) groups excluding carboxylic acids is 2. The van der Waals surface area contributed by atoms with Crippen LogP contribution in [0.1, 0.15) is 24.5 Å². The van der Waals surface area contributed by atoms with E-state index in [0.29, 0.717) is 0 Å². The minimum absolute atomic E-state index is 0.0503. The third kappa shape index (κ3) is 4.95. The summed E-state index contributed by atoms with van der Waals surface area (Å²) in [5.41, 5.74) is -0.836. The third-order valence-electron chi connectivity index (χ3n) is 2.11. The minimum Gasteiger partial charge on any atom is -0.393 e. The van der Waals surface area contributed by atoms with Crippen LogP contribution in [0.2, 0.25) is 0 Å². The van der Waals surface area contributed by atoms with Crippen LogP contribution < -0.4 is 0 Å². The van der Waals surface area contributed by atoms with Gasteiger partial charge in [-0.15, -0.1) is 0 Å². The molecule has 1 aromatic carbocycles. The van der Waals surface area contributed by atoms with E-state index in [1.807, 2.05) is 0 Å². The summed E-state index contributed by atoms with van der Waals surface area (Å²) in [6.45, 7) is 1.07. The van der Waals surface area contributed by atoms with Crippen molar-refractivity contribution in [3.05, 3.63) is 41.5 Å². The summed E-state index contributed by atoms with van der Waals surface area (Å²) in [5.74, 6) is -1.57. The summed E-state index contributed by atoms with van der Waals surface area (Å²) < 4.78 is 42.1. The van der Waals surface area contributed by atoms with E-state index in [0.717, 1.165) is 13.0 Å². The van der Waals surface area contributed by atoms with E-state index >= 15 is 0 Å². The molecule has 102 valence electrons. The Kier molecular flexibility index (Phi) is 4.86. The van der Waals surface area contributed by atoms with Gasteiger partial charge in [-0.05, 0) is 11.6 Å². The first-order chi connectivity index (χ1) is 8.80. The summed E-state index contributed by atoms with van der Waals surface area (Å²) in [7, 11) is 0. The van der Waals surface area contributed by atoms with E-state index in [1.54, 1.807) is 0 Å². The first-order valence-corrected chi connectivity index (χ1v) is 5.34. The van der Waals surface area contributed by atoms with Crippen LogP contribution in [0.15, 0.2) is 30.3 Å². The molecule has 0 heterocycles. The Morgan fingerprint density at radius 1 is 1.26 bits per heavy atom. The number of rotatable bonds is 3. The molecule has 1 rings (SSSR count). The van der Waals surface area contributed by atoms with Gasteiger partial charge in [0.1, 0.15) is 0 Å². The lowest BCUT2D eigenvalue weighted by Gasteiger charge is -2.09. The standard InChI is InChI=1S/C13H11F3O3/c1-9(17)19-12(18)8-4-6-10-5-2-3-7-11(10)13(14,15)16/h2-7H,8H2,1H3. The van der Waals surface area contributed by atoms with Crippen LogP contribution in [0.3, 0.4) is 0 Å². The molecule has 0 N–H and O–H groups in total. The second-order valence-corrected chi connectivity index (χ2v) is 3.66. The van der Waals surface area contributed by atoms with Gasteiger partial charge in [0.05, 0.1) is 12.0 Å². The lowest BCUT2D eigenvalue weighted by molar-refractivity contribution is -0.157. The van der Waals surface area contributed by atoms with Gasteiger partial charge in [-0.2, -0.15) is 13.2 Å². The van der Waals surface area contributed by atoms with Gasteiger partial charge in [0.15, 0.2) is 0 Å². The molecule has 1 aromatic rings. The molecule has 0 aliphatic rings. The Morgan fingerprint density at radius 2 is 1.89 bits per heavy atom. The summed E-state index contributed by atoms with van der Waals surface area (Å²) >= 11 is 0. The number of halogens is 3. The summed E-state index contributed by atoms with van der Waals surface area (Å²) in [6.07, 6.45) is -2.34. The van der Waals surface area contributed by atoms with Crippen LogP contribution in [0.5, 0.6) is 0 Å². The second-order valence-electron chi connectivity index (χ2n) is 3.66. The maximum absolute atomic E-state index is 12.6. The molecule has 3 nitrogen and oxygen atoms in total. The lowest BCUT2D eigenvalue weighted by Crippen LogP contribution is -2.08. The van der Waals surface area contributed by atoms with Crippen LogP contribution in [-0.4, -0.2) is 11.9 Å². The molecule has 0 radical (unpaired) electrons. The largest absolute Gasteiger partial charge is 0.416 e. The van der Waals surface area contributed by atoms with E-state index in [1.165, 1.54) is 30.4 Å². The second kappa shape index (κ2) is 6.17. The number of alkyl halides is 3. The molecule has 0 saturated carbocycles. The van der Waals surface area contributed by atoms with Crippen LogP contribution in [-0.2, 0) is 20.5 Å². The van der Waals surface area contributed by atoms with E-state index < -0.39 is 23.7 Å². The van der Waals surface area contributed by atoms with Crippen molar-refractivity contribution in [2.75, 3.05) is 0 Å². The summed E-state index contributed by atoms with van der Waals surface area (Å²) in [6, 6.07) is 4.98. The predicted molar refractivity (Wildman–Crippen MR) is 61.9 cm³/mol. The third-order valence-corrected chi connectivity index (χ3v) is 2.11. The average Bonchev–Trinajstić information content (AvgIpc) is 2.27. The number of hydrogen-bond acceptors (Lipinski definition) is 3. The smallest absolute Gasteiger partial charge is 0.393 e. The van der Waals surface area contributed by atoms with Gasteiger partial charge in [0.25, 0.3) is 0 Å². The molecular formula is C13H11F3O3. The molecule has 0 spiro atoms. The van der Waals surface area contributed by atoms with Gasteiger partial charge in [0, 0.05) is 6.92 Å². The van der Waals surface area contributed by atoms with E-state index in [4.69, 9.17) is 0 Å². The molecule has 0 aliphatic carbocycles. The van der Waals surface area contributed by atoms with Crippen molar-refractivity contribution in [2.24, 2.45) is 0 Å². The Balaban J connectivity index is 2.78. The zero-order valence-corrected chi connectivity index (χ0v) is 10.0. The highest BCUT2D eigenvalue weighted by Crippen LogP contribution is 2.32. The fourth-order valence-corrected chi connectivity index (χ4v) is 1.38. The molecule has 0 bridgehead atoms. The Bertz CT molecular complexity index is 504. The zero-order chi connectivity index (χ0) is 14.5. The van der Waals surface area contributed by atoms with Crippen molar-refractivity contribution in [3.63, 3.8) is 0 Å². The quantitative estimate of drug-likeness (QED) is 0.627. The summed E-state index contributed by atoms with van der Waals surface area (Å²) in [4.78, 5) is 21.5. The van der Waals surface area contributed by atoms with Crippen LogP contribution in [0.25, 0.3) is 6.08 Å². The molecule has 0 unspecified atom stereocenters. The number of hydrogen-bond donors (Lipinski definition) is 0. The van der Waals surface area contributed by atoms with Crippen molar-refractivity contribution in [3.8, 4) is 0 Å². The molecule has 6 heteroatoms. The molecule has 0 aromatic heterocycles. The molecule has 19 heavy (non-hydrogen) atoms. The highest BCUT2D eigenvalue weighted by Gasteiger charge is 2.32. The van der Waals surface area contributed by atoms with Crippen molar-refractivity contribution >= 4 is 18.0 Å². The molecule has 0 fully saturated rings. The molecule has 0 aliphatic heterocycles. The van der Waals surface area contributed by atoms with E-state index in [2.05, 4.69) is 4.74 Å². The fourth-order valence-electron chi connectivity index (χ4n) is 1.38. The Labute approximate surface area is 107 Å². The monoisotopic (exact) mass is 272 g/mol. The van der Waals surface area contributed by atoms with Crippen LogP contribution >= 0.6 is 0 Å². The fraction of sp³-hybridized carbons (Fsp3) is 0.231. The van der Waals surface area contributed by atoms with Crippen LogP contribution in [0.4, 0.5) is 13.2 Å². The maximum atomic E-state index is 12.6. The highest BCUT2D eigenvalue weighted by molar-refractivity contribution is 5.85. The number of ether oxygens (including phenoxy) is 1. The lowest BCUT2D eigenvalue weighted by atomic mass is 10.1. The maximum Gasteiger partial charge on any atom is 0.416 e. The minimum atomic E-state index is -4.46. The SMILES string of the molecule is CC(=O)OC(=O)CC=Cc1ccccc1C(F)(F)F. The van der Waals surface area contributed by atoms with Gasteiger partial charge in [0.2, 0.25) is 0 Å². The first-order valence-electron chi connectivity index (χ1n) is 5.34. The van der Waals surface area contributed by atoms with Gasteiger partial charge in [-0.3, -0.25) is 9.59 Å². The molecule has 0 atom stereocenters. The number of benzene rings is 1. The zero-order valence-electron chi connectivity index (χ0n) is 10.0. The number of carbonyl (C=O) groups is 2. The van der Waals surface area contributed by atoms with Gasteiger partial charge in [-0.1, -0.05) is 30.4 Å². The Morgan fingerprint density at radius 3 is 2.47 bits per heavy atom. The Hall–Kier alpha value is -2.11. The first kappa shape index (κ1) is 14.9. The van der Waals surface area contributed by atoms with Crippen molar-refractivity contribution in [2.45, 2.75) is 19.5 Å². The predicted octanol–water partition coefficient (Wildman–Crippen LogP) is 3.20.